The number of nitrogens with two attached hydrogens (primary N) is 1. The van der Waals surface area contributed by atoms with Gasteiger partial charge < -0.3 is 20.5 Å². The lowest BCUT2D eigenvalue weighted by atomic mass is 9.81. The minimum Gasteiger partial charge on any atom is -0.496 e. The number of carbonyl (C=O) groups is 2. The van der Waals surface area contributed by atoms with E-state index in [1.54, 1.807) is 24.4 Å². The van der Waals surface area contributed by atoms with Crippen molar-refractivity contribution in [2.45, 2.75) is 38.1 Å². The van der Waals surface area contributed by atoms with Crippen molar-refractivity contribution in [2.75, 3.05) is 13.7 Å². The third-order valence-electron chi connectivity index (χ3n) is 5.53. The third kappa shape index (κ3) is 4.03. The minimum atomic E-state index is -0.558. The van der Waals surface area contributed by atoms with Gasteiger partial charge in [-0.3, -0.25) is 14.6 Å². The van der Waals surface area contributed by atoms with Crippen LogP contribution in [0.3, 0.4) is 0 Å². The lowest BCUT2D eigenvalue weighted by Gasteiger charge is -2.35. The predicted molar refractivity (Wildman–Crippen MR) is 104 cm³/mol. The molecule has 2 aromatic rings. The Bertz CT molecular complexity index is 904. The summed E-state index contributed by atoms with van der Waals surface area (Å²) in [6.45, 7) is 0.562. The van der Waals surface area contributed by atoms with Crippen LogP contribution in [0.5, 0.6) is 11.5 Å². The van der Waals surface area contributed by atoms with Crippen LogP contribution in [0, 0.1) is 11.8 Å². The van der Waals surface area contributed by atoms with Crippen LogP contribution in [-0.4, -0.2) is 36.6 Å². The number of benzene rings is 1. The van der Waals surface area contributed by atoms with Crippen LogP contribution in [0.4, 0.5) is 0 Å². The molecule has 2 saturated carbocycles. The van der Waals surface area contributed by atoms with Crippen LogP contribution in [-0.2, 0) is 4.79 Å². The van der Waals surface area contributed by atoms with E-state index in [4.69, 9.17) is 15.2 Å². The van der Waals surface area contributed by atoms with Crippen molar-refractivity contribution < 1.29 is 19.1 Å². The zero-order chi connectivity index (χ0) is 19.7. The van der Waals surface area contributed by atoms with Gasteiger partial charge in [0.1, 0.15) is 11.5 Å². The number of amides is 2. The van der Waals surface area contributed by atoms with E-state index in [1.165, 1.54) is 20.0 Å². The Morgan fingerprint density at radius 2 is 2.00 bits per heavy atom. The minimum absolute atomic E-state index is 0.180. The zero-order valence-corrected chi connectivity index (χ0v) is 15.9. The summed E-state index contributed by atoms with van der Waals surface area (Å²) in [6, 6.07) is 5.41. The molecule has 4 rings (SSSR count). The highest BCUT2D eigenvalue weighted by Gasteiger charge is 2.32. The van der Waals surface area contributed by atoms with Gasteiger partial charge >= 0.3 is 0 Å². The van der Waals surface area contributed by atoms with Gasteiger partial charge in [0, 0.05) is 30.1 Å². The molecule has 3 N–H and O–H groups in total. The average molecular weight is 383 g/mol. The molecule has 28 heavy (non-hydrogen) atoms. The summed E-state index contributed by atoms with van der Waals surface area (Å²) >= 11 is 0. The van der Waals surface area contributed by atoms with Crippen LogP contribution >= 0.6 is 0 Å². The summed E-state index contributed by atoms with van der Waals surface area (Å²) in [5.74, 6) is 1.70. The summed E-state index contributed by atoms with van der Waals surface area (Å²) in [6.07, 6.45) is 6.59. The number of hydrogen-bond acceptors (Lipinski definition) is 5. The van der Waals surface area contributed by atoms with Crippen LogP contribution in [0.1, 0.15) is 42.5 Å². The van der Waals surface area contributed by atoms with Gasteiger partial charge in [-0.15, -0.1) is 0 Å². The van der Waals surface area contributed by atoms with Crippen molar-refractivity contribution in [3.05, 3.63) is 30.0 Å². The highest BCUT2D eigenvalue weighted by atomic mass is 16.5. The number of rotatable bonds is 8. The maximum absolute atomic E-state index is 11.9. The van der Waals surface area contributed by atoms with Gasteiger partial charge in [0.05, 0.1) is 24.8 Å². The van der Waals surface area contributed by atoms with Gasteiger partial charge in [0.2, 0.25) is 5.91 Å². The molecule has 1 aromatic heterocycles. The number of pyridine rings is 1. The number of hydrogen-bond donors (Lipinski definition) is 2. The summed E-state index contributed by atoms with van der Waals surface area (Å²) in [7, 11) is 1.49. The molecule has 2 aliphatic rings. The molecule has 1 heterocycles. The quantitative estimate of drug-likeness (QED) is 0.729. The molecule has 7 heteroatoms. The molecule has 0 bridgehead atoms. The summed E-state index contributed by atoms with van der Waals surface area (Å²) < 4.78 is 11.2. The molecule has 0 unspecified atom stereocenters. The number of ether oxygens (including phenoxy) is 2. The molecule has 0 saturated heterocycles. The lowest BCUT2D eigenvalue weighted by Crippen LogP contribution is -2.46. The van der Waals surface area contributed by atoms with E-state index in [9.17, 15) is 9.59 Å². The van der Waals surface area contributed by atoms with Gasteiger partial charge in [-0.2, -0.15) is 0 Å². The first-order valence-electron chi connectivity index (χ1n) is 9.72. The average Bonchev–Trinajstić information content (AvgIpc) is 3.45. The van der Waals surface area contributed by atoms with E-state index < -0.39 is 5.91 Å². The second kappa shape index (κ2) is 7.66. The monoisotopic (exact) mass is 383 g/mol. The molecule has 1 aromatic carbocycles. The van der Waals surface area contributed by atoms with E-state index in [0.29, 0.717) is 47.4 Å². The van der Waals surface area contributed by atoms with E-state index in [-0.39, 0.29) is 11.9 Å². The molecule has 0 spiro atoms. The number of fused-ring (bicyclic) bond motifs is 1. The van der Waals surface area contributed by atoms with Gasteiger partial charge in [-0.05, 0) is 49.7 Å². The lowest BCUT2D eigenvalue weighted by molar-refractivity contribution is -0.123. The van der Waals surface area contributed by atoms with Crippen molar-refractivity contribution in [3.8, 4) is 11.5 Å². The second-order valence-corrected chi connectivity index (χ2v) is 7.80. The Balaban J connectivity index is 1.36. The van der Waals surface area contributed by atoms with Crippen molar-refractivity contribution in [2.24, 2.45) is 17.6 Å². The summed E-state index contributed by atoms with van der Waals surface area (Å²) in [4.78, 5) is 27.9. The largest absolute Gasteiger partial charge is 0.496 e. The maximum atomic E-state index is 11.9. The van der Waals surface area contributed by atoms with E-state index in [0.717, 1.165) is 18.2 Å². The van der Waals surface area contributed by atoms with Crippen molar-refractivity contribution in [3.63, 3.8) is 0 Å². The zero-order valence-electron chi connectivity index (χ0n) is 15.9. The Kier molecular flexibility index (Phi) is 5.07. The van der Waals surface area contributed by atoms with Crippen LogP contribution in [0.15, 0.2) is 24.4 Å². The third-order valence-corrected chi connectivity index (χ3v) is 5.53. The Morgan fingerprint density at radius 1 is 1.21 bits per heavy atom. The Morgan fingerprint density at radius 3 is 2.68 bits per heavy atom. The molecule has 0 atom stereocenters. The topological polar surface area (TPSA) is 104 Å². The number of aromatic nitrogens is 1. The SMILES string of the molecule is COc1cc2nccc(OCC3CC(NC(=O)CC4CC4)C3)c2cc1C(N)=O. The number of nitrogens with one attached hydrogen (secondary N) is 1. The number of methoxy groups -OCH3 is 1. The Labute approximate surface area is 163 Å². The van der Waals surface area contributed by atoms with Crippen LogP contribution in [0.25, 0.3) is 10.9 Å². The Hall–Kier alpha value is -2.83. The van der Waals surface area contributed by atoms with Crippen molar-refractivity contribution in [1.29, 1.82) is 0 Å². The van der Waals surface area contributed by atoms with E-state index >= 15 is 0 Å². The fourth-order valence-electron chi connectivity index (χ4n) is 3.70. The first-order valence-corrected chi connectivity index (χ1v) is 9.72. The highest BCUT2D eigenvalue weighted by Crippen LogP contribution is 2.34. The predicted octanol–water partition coefficient (Wildman–Crippen LogP) is 2.42. The maximum Gasteiger partial charge on any atom is 0.252 e. The van der Waals surface area contributed by atoms with Crippen molar-refractivity contribution >= 4 is 22.7 Å². The summed E-state index contributed by atoms with van der Waals surface area (Å²) in [5.41, 5.74) is 6.44. The molecular weight excluding hydrogens is 358 g/mol. The van der Waals surface area contributed by atoms with E-state index in [2.05, 4.69) is 10.3 Å². The molecular formula is C21H25N3O4. The molecule has 2 aliphatic carbocycles. The van der Waals surface area contributed by atoms with Crippen LogP contribution < -0.4 is 20.5 Å². The number of nitrogens with zero attached hydrogens (tertiary/aromatic N) is 1. The normalized spacial score (nSPS) is 21.0. The number of carbonyl (C=O) groups excluding carboxylic acids is 2. The van der Waals surface area contributed by atoms with Crippen LogP contribution in [0.2, 0.25) is 0 Å². The van der Waals surface area contributed by atoms with Gasteiger partial charge in [-0.25, -0.2) is 0 Å². The van der Waals surface area contributed by atoms with E-state index in [1.807, 2.05) is 0 Å². The molecule has 0 radical (unpaired) electrons. The molecule has 0 aliphatic heterocycles. The van der Waals surface area contributed by atoms with Gasteiger partial charge in [0.15, 0.2) is 0 Å². The van der Waals surface area contributed by atoms with Crippen molar-refractivity contribution in [1.82, 2.24) is 10.3 Å². The molecule has 148 valence electrons. The fraction of sp³-hybridized carbons (Fsp3) is 0.476. The molecule has 2 fully saturated rings. The first kappa shape index (κ1) is 18.5. The first-order chi connectivity index (χ1) is 13.5. The standard InChI is InChI=1S/C21H25N3O4/c1-27-19-10-17-15(9-16(19)21(22)26)18(4-5-23-17)28-11-13-6-14(7-13)24-20(25)8-12-2-3-12/h4-5,9-10,12-14H,2-3,6-8,11H2,1H3,(H2,22,26)(H,24,25). The summed E-state index contributed by atoms with van der Waals surface area (Å²) in [5, 5.41) is 3.84. The van der Waals surface area contributed by atoms with Gasteiger partial charge in [0.25, 0.3) is 5.91 Å². The number of primary amides is 1. The second-order valence-electron chi connectivity index (χ2n) is 7.80. The molecule has 7 nitrogen and oxygen atoms in total. The van der Waals surface area contributed by atoms with Gasteiger partial charge in [-0.1, -0.05) is 0 Å². The fourth-order valence-corrected chi connectivity index (χ4v) is 3.70. The smallest absolute Gasteiger partial charge is 0.252 e. The molecule has 2 amide bonds. The highest BCUT2D eigenvalue weighted by molar-refractivity contribution is 6.01.